The Morgan fingerprint density at radius 3 is 2.84 bits per heavy atom. The summed E-state index contributed by atoms with van der Waals surface area (Å²) in [6.45, 7) is 4.03. The molecule has 1 aliphatic heterocycles. The quantitative estimate of drug-likeness (QED) is 0.865. The van der Waals surface area contributed by atoms with Crippen molar-refractivity contribution in [2.24, 2.45) is 5.92 Å². The number of carbonyl (C=O) groups is 1. The Balaban J connectivity index is 2.00. The molecule has 1 saturated heterocycles. The fourth-order valence-electron chi connectivity index (χ4n) is 2.46. The van der Waals surface area contributed by atoms with Crippen LogP contribution in [0.15, 0.2) is 22.7 Å². The van der Waals surface area contributed by atoms with Gasteiger partial charge in [-0.3, -0.25) is 4.79 Å². The maximum atomic E-state index is 10.9. The van der Waals surface area contributed by atoms with Crippen molar-refractivity contribution in [3.63, 3.8) is 0 Å². The molecule has 0 spiro atoms. The minimum Gasteiger partial charge on any atom is -0.461 e. The molecule has 1 heterocycles. The molecule has 0 aromatic heterocycles. The number of halogens is 1. The molecule has 3 nitrogen and oxygen atoms in total. The average Bonchev–Trinajstić information content (AvgIpc) is 2.40. The average molecular weight is 326 g/mol. The van der Waals surface area contributed by atoms with Crippen LogP contribution in [-0.2, 0) is 22.6 Å². The molecule has 0 saturated carbocycles. The highest BCUT2D eigenvalue weighted by Gasteiger charge is 2.14. The predicted molar refractivity (Wildman–Crippen MR) is 78.9 cm³/mol. The second-order valence-corrected chi connectivity index (χ2v) is 5.96. The van der Waals surface area contributed by atoms with Gasteiger partial charge in [-0.15, -0.1) is 0 Å². The summed E-state index contributed by atoms with van der Waals surface area (Å²) in [4.78, 5) is 10.9. The number of hydrogen-bond donors (Lipinski definition) is 1. The van der Waals surface area contributed by atoms with E-state index in [4.69, 9.17) is 4.74 Å². The molecule has 0 unspecified atom stereocenters. The normalized spacial score (nSPS) is 16.3. The van der Waals surface area contributed by atoms with Gasteiger partial charge in [-0.25, -0.2) is 0 Å². The summed E-state index contributed by atoms with van der Waals surface area (Å²) in [7, 11) is 0. The molecule has 0 aliphatic carbocycles. The zero-order chi connectivity index (χ0) is 13.7. The second-order valence-electron chi connectivity index (χ2n) is 5.10. The summed E-state index contributed by atoms with van der Waals surface area (Å²) in [5.41, 5.74) is 2.37. The fourth-order valence-corrected chi connectivity index (χ4v) is 2.83. The SMILES string of the molecule is CC(=O)OCc1cc(CC2CCNCC2)ccc1Br. The number of carbonyl (C=O) groups excluding carboxylic acids is 1. The lowest BCUT2D eigenvalue weighted by Crippen LogP contribution is -2.28. The fraction of sp³-hybridized carbons (Fsp3) is 0.533. The first kappa shape index (κ1) is 14.5. The number of hydrogen-bond acceptors (Lipinski definition) is 3. The predicted octanol–water partition coefficient (Wildman–Crippen LogP) is 3.05. The number of rotatable bonds is 4. The third-order valence-corrected chi connectivity index (χ3v) is 4.30. The highest BCUT2D eigenvalue weighted by atomic mass is 79.9. The van der Waals surface area contributed by atoms with Gasteiger partial charge in [0.25, 0.3) is 0 Å². The van der Waals surface area contributed by atoms with Crippen LogP contribution in [0.2, 0.25) is 0 Å². The highest BCUT2D eigenvalue weighted by molar-refractivity contribution is 9.10. The summed E-state index contributed by atoms with van der Waals surface area (Å²) in [5, 5.41) is 3.39. The van der Waals surface area contributed by atoms with Crippen molar-refractivity contribution < 1.29 is 9.53 Å². The van der Waals surface area contributed by atoms with Crippen molar-refractivity contribution in [2.75, 3.05) is 13.1 Å². The lowest BCUT2D eigenvalue weighted by Gasteiger charge is -2.22. The first-order valence-corrected chi connectivity index (χ1v) is 7.56. The van der Waals surface area contributed by atoms with Crippen LogP contribution in [0, 0.1) is 5.92 Å². The number of benzene rings is 1. The third-order valence-electron chi connectivity index (χ3n) is 3.52. The van der Waals surface area contributed by atoms with Crippen molar-refractivity contribution in [3.8, 4) is 0 Å². The molecule has 0 atom stereocenters. The van der Waals surface area contributed by atoms with Crippen molar-refractivity contribution >= 4 is 21.9 Å². The molecule has 1 aromatic rings. The monoisotopic (exact) mass is 325 g/mol. The van der Waals surface area contributed by atoms with Crippen LogP contribution < -0.4 is 5.32 Å². The molecule has 0 bridgehead atoms. The van der Waals surface area contributed by atoms with Crippen LogP contribution in [0.4, 0.5) is 0 Å². The Labute approximate surface area is 122 Å². The number of esters is 1. The van der Waals surface area contributed by atoms with Crippen molar-refractivity contribution in [1.29, 1.82) is 0 Å². The van der Waals surface area contributed by atoms with Crippen LogP contribution in [0.25, 0.3) is 0 Å². The Morgan fingerprint density at radius 2 is 2.16 bits per heavy atom. The summed E-state index contributed by atoms with van der Waals surface area (Å²) in [6.07, 6.45) is 3.60. The van der Waals surface area contributed by atoms with Crippen LogP contribution >= 0.6 is 15.9 Å². The Morgan fingerprint density at radius 1 is 1.42 bits per heavy atom. The van der Waals surface area contributed by atoms with Gasteiger partial charge in [-0.2, -0.15) is 0 Å². The maximum Gasteiger partial charge on any atom is 0.302 e. The largest absolute Gasteiger partial charge is 0.461 e. The minimum absolute atomic E-state index is 0.240. The Hall–Kier alpha value is -0.870. The Bertz CT molecular complexity index is 442. The molecule has 4 heteroatoms. The molecular formula is C15H20BrNO2. The van der Waals surface area contributed by atoms with Crippen LogP contribution in [0.5, 0.6) is 0 Å². The molecule has 19 heavy (non-hydrogen) atoms. The van der Waals surface area contributed by atoms with E-state index in [2.05, 4.69) is 39.4 Å². The third kappa shape index (κ3) is 4.62. The number of ether oxygens (including phenoxy) is 1. The summed E-state index contributed by atoms with van der Waals surface area (Å²) in [5.74, 6) is 0.527. The molecular weight excluding hydrogens is 306 g/mol. The number of piperidine rings is 1. The van der Waals surface area contributed by atoms with E-state index in [1.165, 1.54) is 25.3 Å². The minimum atomic E-state index is -0.240. The molecule has 104 valence electrons. The zero-order valence-electron chi connectivity index (χ0n) is 11.2. The standard InChI is InChI=1S/C15H20BrNO2/c1-11(18)19-10-14-9-13(2-3-15(14)16)8-12-4-6-17-7-5-12/h2-3,9,12,17H,4-8,10H2,1H3. The van der Waals surface area contributed by atoms with E-state index >= 15 is 0 Å². The smallest absolute Gasteiger partial charge is 0.302 e. The van der Waals surface area contributed by atoms with Gasteiger partial charge in [-0.1, -0.05) is 28.1 Å². The first-order valence-electron chi connectivity index (χ1n) is 6.76. The van der Waals surface area contributed by atoms with Gasteiger partial charge in [0.15, 0.2) is 0 Å². The van der Waals surface area contributed by atoms with E-state index in [-0.39, 0.29) is 5.97 Å². The maximum absolute atomic E-state index is 10.9. The van der Waals surface area contributed by atoms with Gasteiger partial charge in [0.05, 0.1) is 0 Å². The molecule has 0 radical (unpaired) electrons. The Kier molecular flexibility index (Phi) is 5.40. The molecule has 0 amide bonds. The summed E-state index contributed by atoms with van der Waals surface area (Å²) < 4.78 is 6.08. The molecule has 1 N–H and O–H groups in total. The molecule has 2 rings (SSSR count). The van der Waals surface area contributed by atoms with Crippen LogP contribution in [0.1, 0.15) is 30.9 Å². The van der Waals surface area contributed by atoms with Gasteiger partial charge >= 0.3 is 5.97 Å². The van der Waals surface area contributed by atoms with E-state index in [1.807, 2.05) is 0 Å². The van der Waals surface area contributed by atoms with Crippen molar-refractivity contribution in [1.82, 2.24) is 5.32 Å². The topological polar surface area (TPSA) is 38.3 Å². The van der Waals surface area contributed by atoms with E-state index < -0.39 is 0 Å². The van der Waals surface area contributed by atoms with E-state index in [0.717, 1.165) is 35.5 Å². The van der Waals surface area contributed by atoms with Crippen LogP contribution in [-0.4, -0.2) is 19.1 Å². The molecule has 1 fully saturated rings. The molecule has 1 aliphatic rings. The lowest BCUT2D eigenvalue weighted by atomic mass is 9.90. The second kappa shape index (κ2) is 7.06. The van der Waals surface area contributed by atoms with E-state index in [9.17, 15) is 4.79 Å². The van der Waals surface area contributed by atoms with Crippen molar-refractivity contribution in [3.05, 3.63) is 33.8 Å². The molecule has 1 aromatic carbocycles. The number of nitrogens with one attached hydrogen (secondary N) is 1. The van der Waals surface area contributed by atoms with Crippen molar-refractivity contribution in [2.45, 2.75) is 32.8 Å². The van der Waals surface area contributed by atoms with E-state index in [1.54, 1.807) is 0 Å². The zero-order valence-corrected chi connectivity index (χ0v) is 12.8. The van der Waals surface area contributed by atoms with Gasteiger partial charge in [0, 0.05) is 17.0 Å². The van der Waals surface area contributed by atoms with Gasteiger partial charge in [0.2, 0.25) is 0 Å². The summed E-state index contributed by atoms with van der Waals surface area (Å²) in [6, 6.07) is 6.35. The van der Waals surface area contributed by atoms with E-state index in [0.29, 0.717) is 6.61 Å². The van der Waals surface area contributed by atoms with Gasteiger partial charge in [0.1, 0.15) is 6.61 Å². The van der Waals surface area contributed by atoms with Gasteiger partial charge in [-0.05, 0) is 49.9 Å². The lowest BCUT2D eigenvalue weighted by molar-refractivity contribution is -0.142. The summed E-state index contributed by atoms with van der Waals surface area (Å²) >= 11 is 3.50. The first-order chi connectivity index (χ1) is 9.15. The van der Waals surface area contributed by atoms with Gasteiger partial charge < -0.3 is 10.1 Å². The highest BCUT2D eigenvalue weighted by Crippen LogP contribution is 2.23. The van der Waals surface area contributed by atoms with Crippen LogP contribution in [0.3, 0.4) is 0 Å².